The maximum Gasteiger partial charge on any atom is 0.120 e. The molecular weight excluding hydrogens is 304 g/mol. The molecule has 1 heterocycles. The van der Waals surface area contributed by atoms with Gasteiger partial charge in [-0.1, -0.05) is 28.1 Å². The van der Waals surface area contributed by atoms with Crippen LogP contribution in [0, 0.1) is 0 Å². The van der Waals surface area contributed by atoms with Gasteiger partial charge in [0.15, 0.2) is 0 Å². The van der Waals surface area contributed by atoms with E-state index in [1.54, 1.807) is 6.20 Å². The van der Waals surface area contributed by atoms with E-state index in [0.29, 0.717) is 6.61 Å². The number of aromatic nitrogens is 1. The number of nitrogens with two attached hydrogens (primary N) is 1. The fourth-order valence-corrected chi connectivity index (χ4v) is 2.51. The molecule has 0 bridgehead atoms. The van der Waals surface area contributed by atoms with Crippen LogP contribution in [0.4, 0.5) is 0 Å². The van der Waals surface area contributed by atoms with Gasteiger partial charge in [0.05, 0.1) is 6.61 Å². The Morgan fingerprint density at radius 2 is 2.16 bits per heavy atom. The van der Waals surface area contributed by atoms with Gasteiger partial charge in [-0.15, -0.1) is 0 Å². The van der Waals surface area contributed by atoms with Crippen molar-refractivity contribution in [3.63, 3.8) is 0 Å². The SMILES string of the molecule is C[C@@H](N)c1ccc(OCCc2ccccn2)cc1Br. The third-order valence-corrected chi connectivity index (χ3v) is 3.50. The van der Waals surface area contributed by atoms with Crippen molar-refractivity contribution in [2.75, 3.05) is 6.61 Å². The number of nitrogens with zero attached hydrogens (tertiary/aromatic N) is 1. The van der Waals surface area contributed by atoms with E-state index in [0.717, 1.165) is 27.9 Å². The highest BCUT2D eigenvalue weighted by atomic mass is 79.9. The monoisotopic (exact) mass is 320 g/mol. The van der Waals surface area contributed by atoms with Crippen LogP contribution in [0.3, 0.4) is 0 Å². The Morgan fingerprint density at radius 3 is 2.79 bits per heavy atom. The van der Waals surface area contributed by atoms with Crippen molar-refractivity contribution in [2.45, 2.75) is 19.4 Å². The summed E-state index contributed by atoms with van der Waals surface area (Å²) in [6, 6.07) is 11.8. The summed E-state index contributed by atoms with van der Waals surface area (Å²) >= 11 is 3.51. The van der Waals surface area contributed by atoms with Gasteiger partial charge in [0, 0.05) is 28.8 Å². The molecule has 0 spiro atoms. The van der Waals surface area contributed by atoms with E-state index >= 15 is 0 Å². The Morgan fingerprint density at radius 1 is 1.32 bits per heavy atom. The van der Waals surface area contributed by atoms with Gasteiger partial charge in [-0.2, -0.15) is 0 Å². The predicted molar refractivity (Wildman–Crippen MR) is 80.2 cm³/mol. The second kappa shape index (κ2) is 6.68. The Bertz CT molecular complexity index is 529. The van der Waals surface area contributed by atoms with Gasteiger partial charge >= 0.3 is 0 Å². The molecule has 1 aromatic carbocycles. The first-order valence-electron chi connectivity index (χ1n) is 6.24. The van der Waals surface area contributed by atoms with Gasteiger partial charge in [-0.05, 0) is 36.8 Å². The third-order valence-electron chi connectivity index (χ3n) is 2.82. The topological polar surface area (TPSA) is 48.1 Å². The number of hydrogen-bond donors (Lipinski definition) is 1. The van der Waals surface area contributed by atoms with Crippen molar-refractivity contribution in [1.82, 2.24) is 4.98 Å². The fraction of sp³-hybridized carbons (Fsp3) is 0.267. The third kappa shape index (κ3) is 4.04. The standard InChI is InChI=1S/C15H17BrN2O/c1-11(17)14-6-5-13(10-15(14)16)19-9-7-12-4-2-3-8-18-12/h2-6,8,10-11H,7,9,17H2,1H3/t11-/m1/s1. The molecule has 2 rings (SSSR count). The van der Waals surface area contributed by atoms with Crippen LogP contribution in [0.15, 0.2) is 47.1 Å². The molecule has 4 heteroatoms. The molecule has 0 aliphatic rings. The molecule has 0 fully saturated rings. The Balaban J connectivity index is 1.92. The van der Waals surface area contributed by atoms with Crippen LogP contribution in [-0.2, 0) is 6.42 Å². The van der Waals surface area contributed by atoms with Gasteiger partial charge in [0.2, 0.25) is 0 Å². The molecular formula is C15H17BrN2O. The van der Waals surface area contributed by atoms with Crippen LogP contribution in [0.25, 0.3) is 0 Å². The van der Waals surface area contributed by atoms with Crippen molar-refractivity contribution >= 4 is 15.9 Å². The molecule has 0 aliphatic heterocycles. The molecule has 1 atom stereocenters. The van der Waals surface area contributed by atoms with Crippen molar-refractivity contribution in [1.29, 1.82) is 0 Å². The first-order chi connectivity index (χ1) is 9.16. The molecule has 0 radical (unpaired) electrons. The molecule has 0 saturated carbocycles. The van der Waals surface area contributed by atoms with E-state index in [-0.39, 0.29) is 6.04 Å². The molecule has 0 unspecified atom stereocenters. The van der Waals surface area contributed by atoms with Crippen LogP contribution >= 0.6 is 15.9 Å². The number of pyridine rings is 1. The number of halogens is 1. The maximum absolute atomic E-state index is 5.86. The minimum atomic E-state index is 0.0111. The maximum atomic E-state index is 5.86. The molecule has 19 heavy (non-hydrogen) atoms. The second-order valence-corrected chi connectivity index (χ2v) is 5.25. The highest BCUT2D eigenvalue weighted by molar-refractivity contribution is 9.10. The number of ether oxygens (including phenoxy) is 1. The van der Waals surface area contributed by atoms with Gasteiger partial charge in [-0.25, -0.2) is 0 Å². The van der Waals surface area contributed by atoms with Crippen LogP contribution in [0.2, 0.25) is 0 Å². The molecule has 0 saturated heterocycles. The number of benzene rings is 1. The summed E-state index contributed by atoms with van der Waals surface area (Å²) in [6.45, 7) is 2.57. The lowest BCUT2D eigenvalue weighted by molar-refractivity contribution is 0.320. The molecule has 0 amide bonds. The summed E-state index contributed by atoms with van der Waals surface area (Å²) in [7, 11) is 0. The van der Waals surface area contributed by atoms with Crippen molar-refractivity contribution < 1.29 is 4.74 Å². The van der Waals surface area contributed by atoms with E-state index in [1.807, 2.05) is 43.3 Å². The van der Waals surface area contributed by atoms with E-state index in [4.69, 9.17) is 10.5 Å². The van der Waals surface area contributed by atoms with Crippen LogP contribution in [0.5, 0.6) is 5.75 Å². The zero-order valence-electron chi connectivity index (χ0n) is 10.8. The minimum Gasteiger partial charge on any atom is -0.493 e. The first kappa shape index (κ1) is 14.0. The summed E-state index contributed by atoms with van der Waals surface area (Å²) in [5.41, 5.74) is 7.98. The van der Waals surface area contributed by atoms with E-state index in [1.165, 1.54) is 0 Å². The summed E-state index contributed by atoms with van der Waals surface area (Å²) in [4.78, 5) is 4.26. The summed E-state index contributed by atoms with van der Waals surface area (Å²) in [5, 5.41) is 0. The van der Waals surface area contributed by atoms with E-state index in [9.17, 15) is 0 Å². The second-order valence-electron chi connectivity index (χ2n) is 4.39. The largest absolute Gasteiger partial charge is 0.493 e. The lowest BCUT2D eigenvalue weighted by Gasteiger charge is -2.11. The number of rotatable bonds is 5. The molecule has 2 N–H and O–H groups in total. The smallest absolute Gasteiger partial charge is 0.120 e. The lowest BCUT2D eigenvalue weighted by atomic mass is 10.1. The number of hydrogen-bond acceptors (Lipinski definition) is 3. The fourth-order valence-electron chi connectivity index (χ4n) is 1.79. The Kier molecular flexibility index (Phi) is 4.93. The van der Waals surface area contributed by atoms with Crippen LogP contribution < -0.4 is 10.5 Å². The van der Waals surface area contributed by atoms with Crippen molar-refractivity contribution in [3.8, 4) is 5.75 Å². The van der Waals surface area contributed by atoms with Crippen LogP contribution in [-0.4, -0.2) is 11.6 Å². The normalized spacial score (nSPS) is 12.2. The quantitative estimate of drug-likeness (QED) is 0.917. The summed E-state index contributed by atoms with van der Waals surface area (Å²) in [6.07, 6.45) is 2.59. The van der Waals surface area contributed by atoms with Gasteiger partial charge in [-0.3, -0.25) is 4.98 Å². The van der Waals surface area contributed by atoms with E-state index < -0.39 is 0 Å². The summed E-state index contributed by atoms with van der Waals surface area (Å²) in [5.74, 6) is 0.840. The zero-order valence-corrected chi connectivity index (χ0v) is 12.4. The lowest BCUT2D eigenvalue weighted by Crippen LogP contribution is -2.06. The van der Waals surface area contributed by atoms with Gasteiger partial charge < -0.3 is 10.5 Å². The van der Waals surface area contributed by atoms with Crippen molar-refractivity contribution in [3.05, 3.63) is 58.3 Å². The van der Waals surface area contributed by atoms with Gasteiger partial charge in [0.25, 0.3) is 0 Å². The Hall–Kier alpha value is -1.39. The van der Waals surface area contributed by atoms with E-state index in [2.05, 4.69) is 20.9 Å². The Labute approximate surface area is 121 Å². The zero-order chi connectivity index (χ0) is 13.7. The first-order valence-corrected chi connectivity index (χ1v) is 7.04. The molecule has 2 aromatic rings. The summed E-state index contributed by atoms with van der Waals surface area (Å²) < 4.78 is 6.70. The highest BCUT2D eigenvalue weighted by Gasteiger charge is 2.06. The predicted octanol–water partition coefficient (Wildman–Crippen LogP) is 3.49. The average molecular weight is 321 g/mol. The molecule has 1 aromatic heterocycles. The average Bonchev–Trinajstić information content (AvgIpc) is 2.39. The van der Waals surface area contributed by atoms with Gasteiger partial charge in [0.1, 0.15) is 5.75 Å². The van der Waals surface area contributed by atoms with Crippen LogP contribution in [0.1, 0.15) is 24.2 Å². The molecule has 100 valence electrons. The molecule has 3 nitrogen and oxygen atoms in total. The molecule has 0 aliphatic carbocycles. The minimum absolute atomic E-state index is 0.0111. The highest BCUT2D eigenvalue weighted by Crippen LogP contribution is 2.26. The van der Waals surface area contributed by atoms with Crippen molar-refractivity contribution in [2.24, 2.45) is 5.73 Å².